The first-order valence-corrected chi connectivity index (χ1v) is 5.85. The summed E-state index contributed by atoms with van der Waals surface area (Å²) in [5.41, 5.74) is 2.04. The highest BCUT2D eigenvalue weighted by molar-refractivity contribution is 8.12. The molecule has 1 aliphatic rings. The molecule has 3 heteroatoms. The maximum absolute atomic E-state index is 4.46. The zero-order chi connectivity index (χ0) is 10.1. The molecule has 1 N–H and O–H groups in total. The van der Waals surface area contributed by atoms with Crippen LogP contribution in [0.2, 0.25) is 0 Å². The Morgan fingerprint density at radius 1 is 1.38 bits per heavy atom. The summed E-state index contributed by atoms with van der Waals surface area (Å²) < 4.78 is 0. The fourth-order valence-corrected chi connectivity index (χ4v) is 2.62. The average Bonchev–Trinajstić information content (AvgIpc) is 2.09. The predicted octanol–water partition coefficient (Wildman–Crippen LogP) is 2.50. The van der Waals surface area contributed by atoms with Crippen LogP contribution < -0.4 is 5.32 Å². The first-order chi connectivity index (χ1) is 5.86. The van der Waals surface area contributed by atoms with Crippen molar-refractivity contribution in [2.24, 2.45) is 10.9 Å². The van der Waals surface area contributed by atoms with Crippen LogP contribution in [0.4, 0.5) is 0 Å². The topological polar surface area (TPSA) is 24.4 Å². The van der Waals surface area contributed by atoms with Gasteiger partial charge in [0.15, 0.2) is 0 Å². The minimum atomic E-state index is -0.123. The van der Waals surface area contributed by atoms with Crippen molar-refractivity contribution in [3.63, 3.8) is 0 Å². The molecule has 0 aromatic heterocycles. The van der Waals surface area contributed by atoms with E-state index in [9.17, 15) is 0 Å². The van der Waals surface area contributed by atoms with Gasteiger partial charge in [0.1, 0.15) is 5.66 Å². The molecule has 1 heterocycles. The van der Waals surface area contributed by atoms with Gasteiger partial charge < -0.3 is 0 Å². The number of hydrogen-bond donors (Lipinski definition) is 1. The number of nitrogens with zero attached hydrogens (tertiary/aromatic N) is 1. The van der Waals surface area contributed by atoms with Gasteiger partial charge in [0.05, 0.1) is 5.55 Å². The smallest absolute Gasteiger partial charge is 0.106 e. The Hall–Kier alpha value is -0.0200. The largest absolute Gasteiger partial charge is 0.287 e. The van der Waals surface area contributed by atoms with Crippen molar-refractivity contribution in [1.29, 1.82) is 0 Å². The Morgan fingerprint density at radius 3 is 2.54 bits per heavy atom. The third-order valence-electron chi connectivity index (χ3n) is 2.70. The molecule has 76 valence electrons. The van der Waals surface area contributed by atoms with Crippen LogP contribution in [0.5, 0.6) is 0 Å². The van der Waals surface area contributed by atoms with Crippen molar-refractivity contribution in [3.8, 4) is 0 Å². The zero-order valence-corrected chi connectivity index (χ0v) is 10.0. The lowest BCUT2D eigenvalue weighted by Crippen LogP contribution is -2.56. The van der Waals surface area contributed by atoms with Crippen LogP contribution in [0, 0.1) is 5.92 Å². The maximum atomic E-state index is 4.46. The number of rotatable bonds is 1. The van der Waals surface area contributed by atoms with E-state index in [1.807, 2.05) is 5.55 Å². The SMILES string of the molecule is CC(C)C1(C)CSC=NC(C)(C)N1. The second-order valence-corrected chi connectivity index (χ2v) is 5.63. The quantitative estimate of drug-likeness (QED) is 0.703. The molecular formula is C10H20N2S. The van der Waals surface area contributed by atoms with E-state index < -0.39 is 0 Å². The van der Waals surface area contributed by atoms with Gasteiger partial charge in [-0.1, -0.05) is 13.8 Å². The molecular weight excluding hydrogens is 180 g/mol. The van der Waals surface area contributed by atoms with Crippen molar-refractivity contribution >= 4 is 17.3 Å². The Morgan fingerprint density at radius 2 is 2.00 bits per heavy atom. The lowest BCUT2D eigenvalue weighted by molar-refractivity contribution is 0.221. The molecule has 1 rings (SSSR count). The highest BCUT2D eigenvalue weighted by atomic mass is 32.2. The standard InChI is InChI=1S/C10H20N2S/c1-8(2)10(5)6-13-7-11-9(3,4)12-10/h7-8,12H,6H2,1-5H3. The number of thioether (sulfide) groups is 1. The maximum Gasteiger partial charge on any atom is 0.106 e. The van der Waals surface area contributed by atoms with Gasteiger partial charge in [0, 0.05) is 11.3 Å². The molecule has 0 amide bonds. The van der Waals surface area contributed by atoms with E-state index in [4.69, 9.17) is 0 Å². The van der Waals surface area contributed by atoms with E-state index in [0.717, 1.165) is 5.75 Å². The van der Waals surface area contributed by atoms with Crippen molar-refractivity contribution in [1.82, 2.24) is 5.32 Å². The Bertz CT molecular complexity index is 211. The van der Waals surface area contributed by atoms with Crippen LogP contribution in [0.15, 0.2) is 4.99 Å². The number of hydrogen-bond acceptors (Lipinski definition) is 3. The second-order valence-electron chi connectivity index (χ2n) is 4.80. The first-order valence-electron chi connectivity index (χ1n) is 4.80. The second kappa shape index (κ2) is 3.62. The van der Waals surface area contributed by atoms with Gasteiger partial charge in [0.25, 0.3) is 0 Å². The predicted molar refractivity (Wildman–Crippen MR) is 61.4 cm³/mol. The Labute approximate surface area is 85.6 Å². The van der Waals surface area contributed by atoms with Crippen LogP contribution in [-0.4, -0.2) is 22.5 Å². The Kier molecular flexibility index (Phi) is 3.08. The highest BCUT2D eigenvalue weighted by Crippen LogP contribution is 2.27. The lowest BCUT2D eigenvalue weighted by atomic mass is 9.89. The molecule has 1 aliphatic heterocycles. The molecule has 0 bridgehead atoms. The molecule has 1 unspecified atom stereocenters. The van der Waals surface area contributed by atoms with E-state index in [0.29, 0.717) is 5.92 Å². The summed E-state index contributed by atoms with van der Waals surface area (Å²) in [6, 6.07) is 0. The van der Waals surface area contributed by atoms with Crippen molar-refractivity contribution in [3.05, 3.63) is 0 Å². The van der Waals surface area contributed by atoms with Crippen molar-refractivity contribution in [2.75, 3.05) is 5.75 Å². The molecule has 0 radical (unpaired) electrons. The average molecular weight is 200 g/mol. The molecule has 1 atom stereocenters. The molecule has 13 heavy (non-hydrogen) atoms. The molecule has 0 saturated carbocycles. The summed E-state index contributed by atoms with van der Waals surface area (Å²) in [4.78, 5) is 4.46. The summed E-state index contributed by atoms with van der Waals surface area (Å²) in [6.45, 7) is 11.0. The minimum absolute atomic E-state index is 0.123. The summed E-state index contributed by atoms with van der Waals surface area (Å²) in [5.74, 6) is 1.72. The molecule has 0 spiro atoms. The summed E-state index contributed by atoms with van der Waals surface area (Å²) >= 11 is 1.80. The summed E-state index contributed by atoms with van der Waals surface area (Å²) in [7, 11) is 0. The highest BCUT2D eigenvalue weighted by Gasteiger charge is 2.34. The molecule has 0 saturated heterocycles. The molecule has 0 fully saturated rings. The van der Waals surface area contributed by atoms with E-state index >= 15 is 0 Å². The summed E-state index contributed by atoms with van der Waals surface area (Å²) in [6.07, 6.45) is 0. The fourth-order valence-electron chi connectivity index (χ4n) is 1.46. The van der Waals surface area contributed by atoms with E-state index in [1.165, 1.54) is 0 Å². The fraction of sp³-hybridized carbons (Fsp3) is 0.900. The number of nitrogens with one attached hydrogen (secondary N) is 1. The molecule has 0 aromatic carbocycles. The normalized spacial score (nSPS) is 33.4. The van der Waals surface area contributed by atoms with Gasteiger partial charge in [-0.15, -0.1) is 11.8 Å². The van der Waals surface area contributed by atoms with Gasteiger partial charge in [-0.25, -0.2) is 0 Å². The van der Waals surface area contributed by atoms with Gasteiger partial charge in [0.2, 0.25) is 0 Å². The van der Waals surface area contributed by atoms with Gasteiger partial charge in [-0.3, -0.25) is 10.3 Å². The van der Waals surface area contributed by atoms with Crippen LogP contribution in [0.3, 0.4) is 0 Å². The third kappa shape index (κ3) is 2.71. The van der Waals surface area contributed by atoms with Gasteiger partial charge >= 0.3 is 0 Å². The number of aliphatic imine (C=N–C) groups is 1. The van der Waals surface area contributed by atoms with Crippen molar-refractivity contribution < 1.29 is 0 Å². The van der Waals surface area contributed by atoms with Crippen LogP contribution >= 0.6 is 11.8 Å². The minimum Gasteiger partial charge on any atom is -0.287 e. The molecule has 2 nitrogen and oxygen atoms in total. The van der Waals surface area contributed by atoms with Crippen molar-refractivity contribution in [2.45, 2.75) is 45.8 Å². The molecule has 0 aromatic rings. The monoisotopic (exact) mass is 200 g/mol. The van der Waals surface area contributed by atoms with Crippen LogP contribution in [-0.2, 0) is 0 Å². The zero-order valence-electron chi connectivity index (χ0n) is 9.22. The van der Waals surface area contributed by atoms with Gasteiger partial charge in [-0.2, -0.15) is 0 Å². The Balaban J connectivity index is 2.81. The van der Waals surface area contributed by atoms with Crippen LogP contribution in [0.25, 0.3) is 0 Å². The van der Waals surface area contributed by atoms with E-state index in [-0.39, 0.29) is 11.2 Å². The molecule has 0 aliphatic carbocycles. The lowest BCUT2D eigenvalue weighted by Gasteiger charge is -2.38. The summed E-state index contributed by atoms with van der Waals surface area (Å²) in [5, 5.41) is 3.61. The first kappa shape index (κ1) is 11.1. The van der Waals surface area contributed by atoms with E-state index in [2.05, 4.69) is 44.9 Å². The van der Waals surface area contributed by atoms with Gasteiger partial charge in [-0.05, 0) is 26.7 Å². The van der Waals surface area contributed by atoms with Crippen LogP contribution in [0.1, 0.15) is 34.6 Å². The van der Waals surface area contributed by atoms with E-state index in [1.54, 1.807) is 11.8 Å². The third-order valence-corrected chi connectivity index (χ3v) is 3.72.